The zero-order valence-corrected chi connectivity index (χ0v) is 20.3. The highest BCUT2D eigenvalue weighted by atomic mass is 32.2. The van der Waals surface area contributed by atoms with Crippen molar-refractivity contribution < 1.29 is 22.8 Å². The van der Waals surface area contributed by atoms with Crippen molar-refractivity contribution in [1.29, 1.82) is 0 Å². The van der Waals surface area contributed by atoms with Crippen LogP contribution in [0.5, 0.6) is 0 Å². The number of sulfonamides is 1. The van der Waals surface area contributed by atoms with Crippen LogP contribution in [0.3, 0.4) is 0 Å². The summed E-state index contributed by atoms with van der Waals surface area (Å²) in [6.45, 7) is 1.30. The first-order valence-electron chi connectivity index (χ1n) is 12.1. The van der Waals surface area contributed by atoms with Crippen molar-refractivity contribution in [3.63, 3.8) is 0 Å². The molecule has 11 heteroatoms. The Morgan fingerprint density at radius 1 is 0.941 bits per heavy atom. The van der Waals surface area contributed by atoms with Gasteiger partial charge in [0, 0.05) is 37.7 Å². The quantitative estimate of drug-likeness (QED) is 0.324. The molecule has 3 rings (SSSR count). The minimum Gasteiger partial charge on any atom is -0.338 e. The van der Waals surface area contributed by atoms with E-state index in [2.05, 4.69) is 21.5 Å². The highest BCUT2D eigenvalue weighted by Crippen LogP contribution is 2.21. The molecule has 1 saturated heterocycles. The van der Waals surface area contributed by atoms with Gasteiger partial charge in [0.25, 0.3) is 5.91 Å². The maximum Gasteiger partial charge on any atom is 0.315 e. The predicted molar refractivity (Wildman–Crippen MR) is 127 cm³/mol. The van der Waals surface area contributed by atoms with Gasteiger partial charge in [-0.3, -0.25) is 20.4 Å². The van der Waals surface area contributed by atoms with Gasteiger partial charge in [0.15, 0.2) is 0 Å². The van der Waals surface area contributed by atoms with E-state index in [-0.39, 0.29) is 29.0 Å². The minimum absolute atomic E-state index is 0.0611. The Hall–Kier alpha value is -2.66. The first kappa shape index (κ1) is 26.0. The van der Waals surface area contributed by atoms with Crippen LogP contribution in [0.15, 0.2) is 29.2 Å². The highest BCUT2D eigenvalue weighted by molar-refractivity contribution is 7.89. The number of nitrogens with one attached hydrogen (secondary N) is 4. The minimum atomic E-state index is -3.65. The Labute approximate surface area is 201 Å². The van der Waals surface area contributed by atoms with Crippen LogP contribution in [-0.2, 0) is 14.8 Å². The van der Waals surface area contributed by atoms with E-state index >= 15 is 0 Å². The van der Waals surface area contributed by atoms with Crippen molar-refractivity contribution in [2.45, 2.75) is 75.1 Å². The number of hydrogen-bond acceptors (Lipinski definition) is 5. The third kappa shape index (κ3) is 7.69. The third-order valence-corrected chi connectivity index (χ3v) is 8.07. The fourth-order valence-electron chi connectivity index (χ4n) is 4.25. The molecule has 1 heterocycles. The molecule has 0 radical (unpaired) electrons. The fourth-order valence-corrected chi connectivity index (χ4v) is 5.81. The third-order valence-electron chi connectivity index (χ3n) is 6.17. The van der Waals surface area contributed by atoms with Crippen molar-refractivity contribution >= 4 is 27.9 Å². The van der Waals surface area contributed by atoms with E-state index in [0.717, 1.165) is 44.9 Å². The lowest BCUT2D eigenvalue weighted by molar-refractivity contribution is -0.121. The van der Waals surface area contributed by atoms with Crippen LogP contribution >= 0.6 is 0 Å². The molecule has 0 bridgehead atoms. The molecule has 0 atom stereocenters. The first-order valence-corrected chi connectivity index (χ1v) is 13.5. The molecule has 0 spiro atoms. The zero-order valence-electron chi connectivity index (χ0n) is 19.5. The van der Waals surface area contributed by atoms with Crippen molar-refractivity contribution in [2.75, 3.05) is 19.6 Å². The van der Waals surface area contributed by atoms with E-state index in [9.17, 15) is 22.8 Å². The van der Waals surface area contributed by atoms with Crippen LogP contribution in [0.4, 0.5) is 4.79 Å². The lowest BCUT2D eigenvalue weighted by Gasteiger charge is -2.26. The van der Waals surface area contributed by atoms with E-state index in [0.29, 0.717) is 26.1 Å². The van der Waals surface area contributed by atoms with Crippen molar-refractivity contribution in [1.82, 2.24) is 25.8 Å². The summed E-state index contributed by atoms with van der Waals surface area (Å²) in [6.07, 6.45) is 8.69. The van der Waals surface area contributed by atoms with Gasteiger partial charge >= 0.3 is 6.03 Å². The number of amides is 4. The monoisotopic (exact) mass is 493 g/mol. The van der Waals surface area contributed by atoms with E-state index in [1.807, 2.05) is 0 Å². The molecular weight excluding hydrogens is 458 g/mol. The van der Waals surface area contributed by atoms with Gasteiger partial charge in [0.1, 0.15) is 0 Å². The van der Waals surface area contributed by atoms with Gasteiger partial charge in [-0.2, -0.15) is 4.31 Å². The average molecular weight is 494 g/mol. The highest BCUT2D eigenvalue weighted by Gasteiger charge is 2.26. The Balaban J connectivity index is 1.38. The number of piperidine rings is 1. The van der Waals surface area contributed by atoms with Gasteiger partial charge in [-0.25, -0.2) is 13.2 Å². The Kier molecular flexibility index (Phi) is 9.70. The second kappa shape index (κ2) is 12.7. The molecule has 1 aliphatic carbocycles. The molecule has 10 nitrogen and oxygen atoms in total. The summed E-state index contributed by atoms with van der Waals surface area (Å²) in [6, 6.07) is 5.79. The van der Waals surface area contributed by atoms with Crippen LogP contribution in [-0.4, -0.2) is 56.2 Å². The number of urea groups is 1. The summed E-state index contributed by atoms with van der Waals surface area (Å²) >= 11 is 0. The molecule has 4 amide bonds. The van der Waals surface area contributed by atoms with Gasteiger partial charge in [0.2, 0.25) is 15.9 Å². The van der Waals surface area contributed by atoms with Gasteiger partial charge in [-0.15, -0.1) is 0 Å². The first-order chi connectivity index (χ1) is 16.4. The summed E-state index contributed by atoms with van der Waals surface area (Å²) in [5.74, 6) is -1.01. The summed E-state index contributed by atoms with van der Waals surface area (Å²) in [7, 11) is -3.65. The number of rotatable bonds is 8. The van der Waals surface area contributed by atoms with E-state index in [1.54, 1.807) is 0 Å². The van der Waals surface area contributed by atoms with Crippen LogP contribution in [0.25, 0.3) is 0 Å². The standard InChI is InChI=1S/C23H35N5O5S/c29-21(13-8-14-24-23(31)25-19-10-3-1-4-11-19)26-27-22(30)18-9-7-12-20(17-18)34(32,33)28-15-5-2-6-16-28/h7,9,12,17,19H,1-6,8,10-11,13-16H2,(H,26,29)(H,27,30)(H2,24,25,31). The molecule has 4 N–H and O–H groups in total. The summed E-state index contributed by atoms with van der Waals surface area (Å²) in [5.41, 5.74) is 4.78. The van der Waals surface area contributed by atoms with Gasteiger partial charge in [-0.1, -0.05) is 31.7 Å². The Morgan fingerprint density at radius 2 is 1.65 bits per heavy atom. The SMILES string of the molecule is O=C(CCCNC(=O)NC1CCCCC1)NNC(=O)c1cccc(S(=O)(=O)N2CCCCC2)c1. The molecule has 1 aromatic carbocycles. The number of nitrogens with zero attached hydrogens (tertiary/aromatic N) is 1. The zero-order chi connectivity index (χ0) is 24.4. The van der Waals surface area contributed by atoms with Crippen molar-refractivity contribution in [3.8, 4) is 0 Å². The van der Waals surface area contributed by atoms with Crippen LogP contribution in [0.1, 0.15) is 74.6 Å². The maximum absolute atomic E-state index is 12.8. The lowest BCUT2D eigenvalue weighted by Crippen LogP contribution is -2.44. The molecule has 2 fully saturated rings. The topological polar surface area (TPSA) is 137 Å². The molecule has 2 aliphatic rings. The predicted octanol–water partition coefficient (Wildman–Crippen LogP) is 2.03. The van der Waals surface area contributed by atoms with Gasteiger partial charge in [0.05, 0.1) is 4.90 Å². The molecular formula is C23H35N5O5S. The normalized spacial score (nSPS) is 17.5. The number of hydrogen-bond donors (Lipinski definition) is 4. The van der Waals surface area contributed by atoms with Gasteiger partial charge < -0.3 is 10.6 Å². The summed E-state index contributed by atoms with van der Waals surface area (Å²) < 4.78 is 27.1. The summed E-state index contributed by atoms with van der Waals surface area (Å²) in [4.78, 5) is 36.4. The molecule has 0 unspecified atom stereocenters. The van der Waals surface area contributed by atoms with E-state index < -0.39 is 21.8 Å². The van der Waals surface area contributed by atoms with Crippen LogP contribution in [0, 0.1) is 0 Å². The average Bonchev–Trinajstić information content (AvgIpc) is 2.86. The number of hydrazine groups is 1. The Bertz CT molecular complexity index is 956. The van der Waals surface area contributed by atoms with Crippen molar-refractivity contribution in [2.24, 2.45) is 0 Å². The maximum atomic E-state index is 12.8. The van der Waals surface area contributed by atoms with Crippen LogP contribution in [0.2, 0.25) is 0 Å². The molecule has 188 valence electrons. The molecule has 0 aromatic heterocycles. The Morgan fingerprint density at radius 3 is 2.38 bits per heavy atom. The molecule has 1 aromatic rings. The number of carbonyl (C=O) groups excluding carboxylic acids is 3. The fraction of sp³-hybridized carbons (Fsp3) is 0.609. The second-order valence-corrected chi connectivity index (χ2v) is 10.8. The lowest BCUT2D eigenvalue weighted by atomic mass is 9.96. The smallest absolute Gasteiger partial charge is 0.315 e. The largest absolute Gasteiger partial charge is 0.338 e. The summed E-state index contributed by atoms with van der Waals surface area (Å²) in [5, 5.41) is 5.69. The molecule has 34 heavy (non-hydrogen) atoms. The van der Waals surface area contributed by atoms with E-state index in [1.165, 1.54) is 35.0 Å². The van der Waals surface area contributed by atoms with Gasteiger partial charge in [-0.05, 0) is 50.3 Å². The molecule has 1 aliphatic heterocycles. The number of carbonyl (C=O) groups is 3. The van der Waals surface area contributed by atoms with Crippen LogP contribution < -0.4 is 21.5 Å². The van der Waals surface area contributed by atoms with E-state index in [4.69, 9.17) is 0 Å². The number of benzene rings is 1. The second-order valence-electron chi connectivity index (χ2n) is 8.83. The van der Waals surface area contributed by atoms with Crippen molar-refractivity contribution in [3.05, 3.63) is 29.8 Å². The molecule has 1 saturated carbocycles.